The first-order chi connectivity index (χ1) is 20.5. The van der Waals surface area contributed by atoms with E-state index in [-0.39, 0.29) is 40.6 Å². The average molecular weight is 599 g/mol. The zero-order chi connectivity index (χ0) is 30.9. The summed E-state index contributed by atoms with van der Waals surface area (Å²) in [7, 11) is 1.23. The number of methoxy groups -OCH3 is 1. The number of halogens is 5. The molecule has 43 heavy (non-hydrogen) atoms. The minimum absolute atomic E-state index is 0.0143. The number of alkyl halides is 3. The van der Waals surface area contributed by atoms with Crippen molar-refractivity contribution in [2.75, 3.05) is 18.6 Å². The normalized spacial score (nSPS) is 13.7. The Morgan fingerprint density at radius 3 is 2.40 bits per heavy atom. The maximum atomic E-state index is 14.3. The van der Waals surface area contributed by atoms with Gasteiger partial charge in [0.05, 0.1) is 23.9 Å². The molecule has 1 aliphatic heterocycles. The van der Waals surface area contributed by atoms with E-state index in [9.17, 15) is 31.5 Å². The third-order valence-corrected chi connectivity index (χ3v) is 7.27. The van der Waals surface area contributed by atoms with E-state index in [4.69, 9.17) is 9.47 Å². The van der Waals surface area contributed by atoms with E-state index in [1.54, 1.807) is 40.7 Å². The second-order valence-electron chi connectivity index (χ2n) is 10.2. The molecule has 2 heterocycles. The van der Waals surface area contributed by atoms with Gasteiger partial charge in [-0.05, 0) is 80.4 Å². The molecule has 4 aromatic rings. The van der Waals surface area contributed by atoms with Gasteiger partial charge in [-0.3, -0.25) is 4.79 Å². The molecule has 0 spiro atoms. The predicted octanol–water partition coefficient (Wildman–Crippen LogP) is 7.63. The van der Waals surface area contributed by atoms with E-state index < -0.39 is 29.3 Å². The highest BCUT2D eigenvalue weighted by molar-refractivity contribution is 5.97. The zero-order valence-corrected chi connectivity index (χ0v) is 23.3. The average Bonchev–Trinajstić information content (AvgIpc) is 3.36. The minimum Gasteiger partial charge on any atom is -0.488 e. The number of carbonyl (C=O) groups is 2. The monoisotopic (exact) mass is 598 g/mol. The molecule has 224 valence electrons. The Hall–Kier alpha value is -4.67. The van der Waals surface area contributed by atoms with Crippen molar-refractivity contribution in [2.24, 2.45) is 0 Å². The molecule has 1 aliphatic rings. The number of ether oxygens (including phenoxy) is 2. The first kappa shape index (κ1) is 29.8. The Morgan fingerprint density at radius 1 is 0.930 bits per heavy atom. The summed E-state index contributed by atoms with van der Waals surface area (Å²) >= 11 is 0. The van der Waals surface area contributed by atoms with Crippen LogP contribution in [-0.2, 0) is 22.3 Å². The van der Waals surface area contributed by atoms with E-state index in [0.717, 1.165) is 37.1 Å². The van der Waals surface area contributed by atoms with Gasteiger partial charge in [0.15, 0.2) is 0 Å². The number of esters is 1. The van der Waals surface area contributed by atoms with E-state index >= 15 is 0 Å². The van der Waals surface area contributed by atoms with E-state index in [2.05, 4.69) is 0 Å². The lowest BCUT2D eigenvalue weighted by Crippen LogP contribution is -2.35. The molecule has 0 radical (unpaired) electrons. The summed E-state index contributed by atoms with van der Waals surface area (Å²) in [6.45, 7) is 1.82. The molecule has 0 unspecified atom stereocenters. The Kier molecular flexibility index (Phi) is 8.25. The van der Waals surface area contributed by atoms with Gasteiger partial charge in [-0.2, -0.15) is 13.2 Å². The number of hydrogen-bond acceptors (Lipinski definition) is 4. The summed E-state index contributed by atoms with van der Waals surface area (Å²) in [6, 6.07) is 13.9. The molecule has 5 rings (SSSR count). The lowest BCUT2D eigenvalue weighted by Gasteiger charge is -2.28. The Morgan fingerprint density at radius 2 is 1.70 bits per heavy atom. The summed E-state index contributed by atoms with van der Waals surface area (Å²) in [6.07, 6.45) is -2.79. The van der Waals surface area contributed by atoms with Crippen LogP contribution in [0.2, 0.25) is 0 Å². The molecule has 0 saturated carbocycles. The van der Waals surface area contributed by atoms with Crippen molar-refractivity contribution in [3.63, 3.8) is 0 Å². The zero-order valence-electron chi connectivity index (χ0n) is 23.3. The van der Waals surface area contributed by atoms with Gasteiger partial charge in [-0.15, -0.1) is 0 Å². The van der Waals surface area contributed by atoms with Gasteiger partial charge in [-0.1, -0.05) is 0 Å². The number of anilines is 1. The minimum atomic E-state index is -4.67. The predicted molar refractivity (Wildman–Crippen MR) is 149 cm³/mol. The number of aryl methyl sites for hydroxylation is 1. The highest BCUT2D eigenvalue weighted by atomic mass is 19.4. The lowest BCUT2D eigenvalue weighted by atomic mass is 10.0. The van der Waals surface area contributed by atoms with Gasteiger partial charge in [0.2, 0.25) is 5.91 Å². The maximum absolute atomic E-state index is 14.3. The summed E-state index contributed by atoms with van der Waals surface area (Å²) < 4.78 is 81.6. The first-order valence-electron chi connectivity index (χ1n) is 13.5. The van der Waals surface area contributed by atoms with Crippen molar-refractivity contribution in [3.8, 4) is 22.7 Å². The van der Waals surface area contributed by atoms with Gasteiger partial charge < -0.3 is 18.9 Å². The number of carbonyl (C=O) groups excluding carboxylic acids is 2. The fourth-order valence-electron chi connectivity index (χ4n) is 5.11. The third kappa shape index (κ3) is 6.25. The van der Waals surface area contributed by atoms with Crippen LogP contribution in [0.5, 0.6) is 5.75 Å². The van der Waals surface area contributed by atoms with Gasteiger partial charge in [0, 0.05) is 47.2 Å². The van der Waals surface area contributed by atoms with Crippen molar-refractivity contribution < 1.29 is 41.0 Å². The van der Waals surface area contributed by atoms with Crippen LogP contribution in [0.15, 0.2) is 66.7 Å². The second-order valence-corrected chi connectivity index (χ2v) is 10.2. The Balaban J connectivity index is 1.65. The second kappa shape index (κ2) is 11.9. The molecule has 1 amide bonds. The topological polar surface area (TPSA) is 60.8 Å². The molecular weight excluding hydrogens is 571 g/mol. The fraction of sp³-hybridized carbons (Fsp3) is 0.250. The summed E-state index contributed by atoms with van der Waals surface area (Å²) in [4.78, 5) is 27.0. The molecule has 0 bridgehead atoms. The van der Waals surface area contributed by atoms with E-state index in [1.165, 1.54) is 19.2 Å². The molecule has 3 aromatic carbocycles. The van der Waals surface area contributed by atoms with Gasteiger partial charge in [-0.25, -0.2) is 13.6 Å². The van der Waals surface area contributed by atoms with Crippen LogP contribution in [0.4, 0.5) is 27.6 Å². The standard InChI is InChI=1S/C32H27F5N2O4/c1-19-6-10-28(39(19)25-14-21(31(41)42-2)13-24(17-25)38-12-4-3-5-30(38)40)26-15-22(32(35,36)37)8-11-29(26)43-18-20-7-9-23(33)16-27(20)34/h6-11,13-17H,3-5,12,18H2,1-2H3. The fourth-order valence-corrected chi connectivity index (χ4v) is 5.11. The van der Waals surface area contributed by atoms with Crippen LogP contribution in [0.1, 0.15) is 46.4 Å². The van der Waals surface area contributed by atoms with Crippen LogP contribution < -0.4 is 9.64 Å². The van der Waals surface area contributed by atoms with Crippen LogP contribution in [0.25, 0.3) is 16.9 Å². The van der Waals surface area contributed by atoms with Crippen LogP contribution in [0, 0.1) is 18.6 Å². The smallest absolute Gasteiger partial charge is 0.416 e. The van der Waals surface area contributed by atoms with Crippen molar-refractivity contribution in [2.45, 2.75) is 39.0 Å². The maximum Gasteiger partial charge on any atom is 0.416 e. The number of hydrogen-bond donors (Lipinski definition) is 0. The Labute approximate surface area is 244 Å². The number of nitrogens with zero attached hydrogens (tertiary/aromatic N) is 2. The summed E-state index contributed by atoms with van der Waals surface area (Å²) in [5, 5.41) is 0. The summed E-state index contributed by atoms with van der Waals surface area (Å²) in [5.74, 6) is -2.36. The largest absolute Gasteiger partial charge is 0.488 e. The number of amides is 1. The molecule has 1 saturated heterocycles. The van der Waals surface area contributed by atoms with Gasteiger partial charge in [0.1, 0.15) is 24.0 Å². The SMILES string of the molecule is COC(=O)c1cc(N2CCCCC2=O)cc(-n2c(C)ccc2-c2cc(C(F)(F)F)ccc2OCc2ccc(F)cc2F)c1. The van der Waals surface area contributed by atoms with Crippen LogP contribution >= 0.6 is 0 Å². The van der Waals surface area contributed by atoms with E-state index in [1.807, 2.05) is 0 Å². The first-order valence-corrected chi connectivity index (χ1v) is 13.5. The van der Waals surface area contributed by atoms with Crippen LogP contribution in [-0.4, -0.2) is 30.1 Å². The number of benzene rings is 3. The van der Waals surface area contributed by atoms with Crippen LogP contribution in [0.3, 0.4) is 0 Å². The molecule has 1 fully saturated rings. The van der Waals surface area contributed by atoms with Crippen molar-refractivity contribution in [1.29, 1.82) is 0 Å². The highest BCUT2D eigenvalue weighted by Crippen LogP contribution is 2.40. The quantitative estimate of drug-likeness (QED) is 0.162. The molecule has 6 nitrogen and oxygen atoms in total. The summed E-state index contributed by atoms with van der Waals surface area (Å²) in [5.41, 5.74) is 1.04. The van der Waals surface area contributed by atoms with Crippen molar-refractivity contribution in [1.82, 2.24) is 4.57 Å². The Bertz CT molecular complexity index is 1700. The molecule has 1 aromatic heterocycles. The number of piperidine rings is 1. The number of aromatic nitrogens is 1. The molecule has 0 atom stereocenters. The number of rotatable bonds is 7. The van der Waals surface area contributed by atoms with E-state index in [0.29, 0.717) is 36.1 Å². The molecule has 11 heteroatoms. The third-order valence-electron chi connectivity index (χ3n) is 7.27. The molecule has 0 aliphatic carbocycles. The van der Waals surface area contributed by atoms with Gasteiger partial charge >= 0.3 is 12.1 Å². The lowest BCUT2D eigenvalue weighted by molar-refractivity contribution is -0.137. The van der Waals surface area contributed by atoms with Gasteiger partial charge in [0.25, 0.3) is 0 Å². The highest BCUT2D eigenvalue weighted by Gasteiger charge is 2.32. The van der Waals surface area contributed by atoms with Crippen molar-refractivity contribution >= 4 is 17.6 Å². The molecular formula is C32H27F5N2O4. The molecule has 0 N–H and O–H groups in total. The van der Waals surface area contributed by atoms with Crippen molar-refractivity contribution in [3.05, 3.63) is 101 Å².